The number of benzene rings is 4. The fraction of sp³-hybridized carbons (Fsp3) is 0. The summed E-state index contributed by atoms with van der Waals surface area (Å²) < 4.78 is 8.97. The smallest absolute Gasteiger partial charge is 0.179 e. The van der Waals surface area contributed by atoms with Gasteiger partial charge in [0.05, 0.1) is 22.3 Å². The molecule has 0 saturated carbocycles. The molecule has 0 unspecified atom stereocenters. The van der Waals surface area contributed by atoms with Crippen LogP contribution in [0, 0.1) is 0 Å². The number of pyridine rings is 2. The molecule has 0 aliphatic carbocycles. The first-order valence-electron chi connectivity index (χ1n) is 14.4. The van der Waals surface area contributed by atoms with Gasteiger partial charge in [0.2, 0.25) is 0 Å². The normalized spacial score (nSPS) is 11.6. The standard InChI is InChI=1S/C37H22N6O/c1-3-11-23(12-4-1)35-40-36(24-13-5-2-6-14-24)42-37(41-35)27-19-21-38-31-32-34(44-33(27)31)30(20-22-39-32)43-28-17-9-7-15-25(28)26-16-8-10-18-29(26)43/h1-22H. The van der Waals surface area contributed by atoms with Crippen molar-refractivity contribution in [2.24, 2.45) is 0 Å². The number of fused-ring (bicyclic) bond motifs is 6. The van der Waals surface area contributed by atoms with E-state index >= 15 is 0 Å². The third kappa shape index (κ3) is 3.73. The fourth-order valence-corrected chi connectivity index (χ4v) is 5.99. The molecular formula is C37H22N6O. The Hall–Kier alpha value is -6.21. The van der Waals surface area contributed by atoms with Crippen LogP contribution < -0.4 is 0 Å². The molecule has 0 aliphatic rings. The molecule has 9 aromatic rings. The third-order valence-electron chi connectivity index (χ3n) is 7.98. The van der Waals surface area contributed by atoms with Gasteiger partial charge in [-0.1, -0.05) is 97.1 Å². The van der Waals surface area contributed by atoms with E-state index in [2.05, 4.69) is 53.1 Å². The van der Waals surface area contributed by atoms with Crippen LogP contribution >= 0.6 is 0 Å². The van der Waals surface area contributed by atoms with Crippen molar-refractivity contribution in [2.75, 3.05) is 0 Å². The molecule has 0 atom stereocenters. The number of hydrogen-bond acceptors (Lipinski definition) is 6. The van der Waals surface area contributed by atoms with E-state index in [4.69, 9.17) is 29.3 Å². The maximum Gasteiger partial charge on any atom is 0.179 e. The molecule has 7 nitrogen and oxygen atoms in total. The van der Waals surface area contributed by atoms with Crippen LogP contribution in [0.2, 0.25) is 0 Å². The third-order valence-corrected chi connectivity index (χ3v) is 7.98. The van der Waals surface area contributed by atoms with Crippen LogP contribution in [0.25, 0.3) is 83.9 Å². The van der Waals surface area contributed by atoms with Crippen molar-refractivity contribution < 1.29 is 4.42 Å². The van der Waals surface area contributed by atoms with Gasteiger partial charge in [0.1, 0.15) is 11.0 Å². The highest BCUT2D eigenvalue weighted by molar-refractivity contribution is 6.12. The van der Waals surface area contributed by atoms with Crippen molar-refractivity contribution in [3.05, 3.63) is 134 Å². The minimum Gasteiger partial charge on any atom is -0.450 e. The predicted octanol–water partition coefficient (Wildman–Crippen LogP) is 8.66. The number of para-hydroxylation sites is 2. The second-order valence-electron chi connectivity index (χ2n) is 10.6. The molecule has 0 spiro atoms. The van der Waals surface area contributed by atoms with E-state index in [9.17, 15) is 0 Å². The lowest BCUT2D eigenvalue weighted by Gasteiger charge is -2.08. The maximum atomic E-state index is 6.74. The van der Waals surface area contributed by atoms with E-state index in [-0.39, 0.29) is 0 Å². The van der Waals surface area contributed by atoms with E-state index < -0.39 is 0 Å². The number of furan rings is 1. The van der Waals surface area contributed by atoms with Crippen LogP contribution in [0.4, 0.5) is 0 Å². The van der Waals surface area contributed by atoms with Gasteiger partial charge in [-0.2, -0.15) is 0 Å². The van der Waals surface area contributed by atoms with Gasteiger partial charge in [0, 0.05) is 34.3 Å². The molecular weight excluding hydrogens is 544 g/mol. The molecule has 0 amide bonds. The Balaban J connectivity index is 1.32. The number of rotatable bonds is 4. The lowest BCUT2D eigenvalue weighted by atomic mass is 10.1. The average Bonchev–Trinajstić information content (AvgIpc) is 3.65. The van der Waals surface area contributed by atoms with E-state index in [0.29, 0.717) is 39.7 Å². The molecule has 44 heavy (non-hydrogen) atoms. The topological polar surface area (TPSA) is 82.5 Å². The fourth-order valence-electron chi connectivity index (χ4n) is 5.99. The first kappa shape index (κ1) is 24.4. The summed E-state index contributed by atoms with van der Waals surface area (Å²) in [6.45, 7) is 0. The van der Waals surface area contributed by atoms with Crippen molar-refractivity contribution in [1.29, 1.82) is 0 Å². The zero-order chi connectivity index (χ0) is 29.0. The van der Waals surface area contributed by atoms with Crippen LogP contribution in [0.1, 0.15) is 0 Å². The summed E-state index contributed by atoms with van der Waals surface area (Å²) in [4.78, 5) is 24.2. The highest BCUT2D eigenvalue weighted by atomic mass is 16.3. The van der Waals surface area contributed by atoms with Gasteiger partial charge in [-0.15, -0.1) is 0 Å². The highest BCUT2D eigenvalue weighted by Crippen LogP contribution is 2.39. The van der Waals surface area contributed by atoms with Crippen LogP contribution in [0.15, 0.2) is 138 Å². The zero-order valence-corrected chi connectivity index (χ0v) is 23.3. The Morgan fingerprint density at radius 3 is 1.57 bits per heavy atom. The van der Waals surface area contributed by atoms with Crippen molar-refractivity contribution in [1.82, 2.24) is 29.5 Å². The van der Waals surface area contributed by atoms with Crippen LogP contribution in [-0.2, 0) is 0 Å². The summed E-state index contributed by atoms with van der Waals surface area (Å²) in [6, 6.07) is 40.6. The Labute approximate surface area is 251 Å². The van der Waals surface area contributed by atoms with Gasteiger partial charge in [-0.05, 0) is 24.3 Å². The Morgan fingerprint density at radius 1 is 0.455 bits per heavy atom. The molecule has 0 saturated heterocycles. The predicted molar refractivity (Wildman–Crippen MR) is 173 cm³/mol. The SMILES string of the molecule is c1ccc(-c2nc(-c3ccccc3)nc(-c3ccnc4c3oc3c(-n5c6ccccc6c6ccccc65)ccnc34)n2)cc1. The van der Waals surface area contributed by atoms with E-state index in [0.717, 1.165) is 33.4 Å². The van der Waals surface area contributed by atoms with Crippen molar-refractivity contribution >= 4 is 44.0 Å². The number of nitrogens with zero attached hydrogens (tertiary/aromatic N) is 6. The Bertz CT molecular complexity index is 2390. The minimum absolute atomic E-state index is 0.502. The highest BCUT2D eigenvalue weighted by Gasteiger charge is 2.22. The molecule has 0 aliphatic heterocycles. The lowest BCUT2D eigenvalue weighted by Crippen LogP contribution is -2.00. The summed E-state index contributed by atoms with van der Waals surface area (Å²) in [5.41, 5.74) is 8.16. The maximum absolute atomic E-state index is 6.74. The monoisotopic (exact) mass is 566 g/mol. The zero-order valence-electron chi connectivity index (χ0n) is 23.3. The Kier molecular flexibility index (Phi) is 5.36. The molecule has 0 bridgehead atoms. The van der Waals surface area contributed by atoms with Gasteiger partial charge in [0.15, 0.2) is 28.6 Å². The minimum atomic E-state index is 0.502. The number of hydrogen-bond donors (Lipinski definition) is 0. The van der Waals surface area contributed by atoms with Gasteiger partial charge in [-0.3, -0.25) is 9.97 Å². The van der Waals surface area contributed by atoms with Crippen molar-refractivity contribution in [2.45, 2.75) is 0 Å². The van der Waals surface area contributed by atoms with Crippen molar-refractivity contribution in [3.63, 3.8) is 0 Å². The molecule has 0 fully saturated rings. The van der Waals surface area contributed by atoms with Crippen LogP contribution in [0.3, 0.4) is 0 Å². The van der Waals surface area contributed by atoms with Crippen molar-refractivity contribution in [3.8, 4) is 39.9 Å². The average molecular weight is 567 g/mol. The Morgan fingerprint density at radius 2 is 0.955 bits per heavy atom. The molecule has 4 aromatic carbocycles. The van der Waals surface area contributed by atoms with Gasteiger partial charge >= 0.3 is 0 Å². The van der Waals surface area contributed by atoms with Gasteiger partial charge in [-0.25, -0.2) is 15.0 Å². The first-order valence-corrected chi connectivity index (χ1v) is 14.4. The summed E-state index contributed by atoms with van der Waals surface area (Å²) >= 11 is 0. The lowest BCUT2D eigenvalue weighted by molar-refractivity contribution is 0.665. The first-order chi connectivity index (χ1) is 21.8. The summed E-state index contributed by atoms with van der Waals surface area (Å²) in [6.07, 6.45) is 3.57. The second-order valence-corrected chi connectivity index (χ2v) is 10.6. The van der Waals surface area contributed by atoms with Gasteiger partial charge in [0.25, 0.3) is 0 Å². The molecule has 5 heterocycles. The molecule has 0 radical (unpaired) electrons. The summed E-state index contributed by atoms with van der Waals surface area (Å²) in [5, 5.41) is 2.35. The molecule has 7 heteroatoms. The van der Waals surface area contributed by atoms with Crippen LogP contribution in [-0.4, -0.2) is 29.5 Å². The molecule has 206 valence electrons. The molecule has 5 aromatic heterocycles. The second kappa shape index (κ2) is 9.68. The van der Waals surface area contributed by atoms with E-state index in [1.807, 2.05) is 79.0 Å². The van der Waals surface area contributed by atoms with Gasteiger partial charge < -0.3 is 8.98 Å². The van der Waals surface area contributed by atoms with Crippen LogP contribution in [0.5, 0.6) is 0 Å². The van der Waals surface area contributed by atoms with E-state index in [1.54, 1.807) is 6.20 Å². The van der Waals surface area contributed by atoms with E-state index in [1.165, 1.54) is 10.8 Å². The summed E-state index contributed by atoms with van der Waals surface area (Å²) in [5.74, 6) is 1.67. The summed E-state index contributed by atoms with van der Waals surface area (Å²) in [7, 11) is 0. The largest absolute Gasteiger partial charge is 0.450 e. The quantitative estimate of drug-likeness (QED) is 0.212. The molecule has 0 N–H and O–H groups in total. The number of aromatic nitrogens is 6. The molecule has 9 rings (SSSR count).